The topological polar surface area (TPSA) is 38.1 Å². The molecule has 16 heavy (non-hydrogen) atoms. The summed E-state index contributed by atoms with van der Waals surface area (Å²) in [5, 5.41) is 4.34. The summed E-state index contributed by atoms with van der Waals surface area (Å²) in [6.45, 7) is 10.0. The molecule has 1 rings (SSSR count). The molecule has 0 saturated heterocycles. The predicted molar refractivity (Wildman–Crippen MR) is 68.8 cm³/mol. The van der Waals surface area contributed by atoms with Crippen LogP contribution in [0.15, 0.2) is 22.1 Å². The standard InChI is InChI=1S/C12H22N2OS/c1-5-6-13-10(12(2,3)4)9-16-11-14-7-8-15-11/h7-8,10,13H,5-6,9H2,1-4H3. The molecular formula is C12H22N2OS. The Labute approximate surface area is 102 Å². The van der Waals surface area contributed by atoms with Gasteiger partial charge < -0.3 is 9.73 Å². The molecule has 3 nitrogen and oxygen atoms in total. The van der Waals surface area contributed by atoms with Gasteiger partial charge in [-0.25, -0.2) is 4.98 Å². The highest BCUT2D eigenvalue weighted by atomic mass is 32.2. The predicted octanol–water partition coefficient (Wildman–Crippen LogP) is 3.18. The number of aromatic nitrogens is 1. The van der Waals surface area contributed by atoms with E-state index in [4.69, 9.17) is 4.42 Å². The van der Waals surface area contributed by atoms with Gasteiger partial charge in [0.05, 0.1) is 6.20 Å². The minimum atomic E-state index is 0.259. The van der Waals surface area contributed by atoms with Gasteiger partial charge >= 0.3 is 0 Å². The lowest BCUT2D eigenvalue weighted by atomic mass is 9.88. The van der Waals surface area contributed by atoms with Crippen LogP contribution in [0.1, 0.15) is 34.1 Å². The first kappa shape index (κ1) is 13.6. The van der Waals surface area contributed by atoms with E-state index in [1.807, 2.05) is 0 Å². The lowest BCUT2D eigenvalue weighted by molar-refractivity contribution is 0.291. The number of hydrogen-bond donors (Lipinski definition) is 1. The zero-order chi connectivity index (χ0) is 12.0. The van der Waals surface area contributed by atoms with Crippen LogP contribution >= 0.6 is 11.8 Å². The maximum Gasteiger partial charge on any atom is 0.255 e. The van der Waals surface area contributed by atoms with Crippen molar-refractivity contribution in [1.82, 2.24) is 10.3 Å². The summed E-state index contributed by atoms with van der Waals surface area (Å²) in [7, 11) is 0. The summed E-state index contributed by atoms with van der Waals surface area (Å²) in [6, 6.07) is 0.476. The van der Waals surface area contributed by atoms with Crippen LogP contribution in [0.2, 0.25) is 0 Å². The highest BCUT2D eigenvalue weighted by molar-refractivity contribution is 7.99. The molecule has 0 aromatic carbocycles. The SMILES string of the molecule is CCCNC(CSc1ncco1)C(C)(C)C. The first-order valence-corrected chi connectivity index (χ1v) is 6.78. The van der Waals surface area contributed by atoms with E-state index in [2.05, 4.69) is 38.0 Å². The molecular weight excluding hydrogens is 220 g/mol. The normalized spacial score (nSPS) is 14.0. The number of nitrogens with zero attached hydrogens (tertiary/aromatic N) is 1. The summed E-state index contributed by atoms with van der Waals surface area (Å²) in [6.07, 6.45) is 4.47. The Kier molecular flexibility index (Phi) is 5.35. The third-order valence-electron chi connectivity index (χ3n) is 2.47. The summed E-state index contributed by atoms with van der Waals surface area (Å²) in [4.78, 5) is 4.12. The van der Waals surface area contributed by atoms with Crippen LogP contribution in [0.25, 0.3) is 0 Å². The quantitative estimate of drug-likeness (QED) is 0.778. The van der Waals surface area contributed by atoms with Gasteiger partial charge in [0.2, 0.25) is 0 Å². The lowest BCUT2D eigenvalue weighted by Gasteiger charge is -2.31. The molecule has 0 amide bonds. The van der Waals surface area contributed by atoms with Gasteiger partial charge in [0.25, 0.3) is 5.22 Å². The molecule has 0 saturated carbocycles. The molecule has 4 heteroatoms. The minimum Gasteiger partial charge on any atom is -0.440 e. The van der Waals surface area contributed by atoms with E-state index in [1.165, 1.54) is 0 Å². The zero-order valence-corrected chi connectivity index (χ0v) is 11.4. The number of oxazole rings is 1. The maximum absolute atomic E-state index is 5.23. The van der Waals surface area contributed by atoms with Crippen molar-refractivity contribution in [3.05, 3.63) is 12.5 Å². The minimum absolute atomic E-state index is 0.259. The van der Waals surface area contributed by atoms with Gasteiger partial charge in [0.1, 0.15) is 6.26 Å². The molecule has 92 valence electrons. The van der Waals surface area contributed by atoms with E-state index < -0.39 is 0 Å². The van der Waals surface area contributed by atoms with Crippen molar-refractivity contribution in [2.45, 2.75) is 45.4 Å². The molecule has 0 aliphatic heterocycles. The van der Waals surface area contributed by atoms with Gasteiger partial charge in [-0.2, -0.15) is 0 Å². The molecule has 1 unspecified atom stereocenters. The van der Waals surface area contributed by atoms with E-state index in [9.17, 15) is 0 Å². The van der Waals surface area contributed by atoms with E-state index in [0.29, 0.717) is 6.04 Å². The molecule has 0 aliphatic carbocycles. The van der Waals surface area contributed by atoms with Crippen LogP contribution in [0, 0.1) is 5.41 Å². The fourth-order valence-electron chi connectivity index (χ4n) is 1.37. The Balaban J connectivity index is 2.44. The van der Waals surface area contributed by atoms with Gasteiger partial charge in [-0.05, 0) is 18.4 Å². The fourth-order valence-corrected chi connectivity index (χ4v) is 2.56. The summed E-state index contributed by atoms with van der Waals surface area (Å²) in [5.41, 5.74) is 0.259. The van der Waals surface area contributed by atoms with Gasteiger partial charge in [-0.1, -0.05) is 39.5 Å². The van der Waals surface area contributed by atoms with Crippen molar-refractivity contribution in [1.29, 1.82) is 0 Å². The fraction of sp³-hybridized carbons (Fsp3) is 0.750. The molecule has 1 heterocycles. The Hall–Kier alpha value is -0.480. The van der Waals surface area contributed by atoms with Gasteiger partial charge in [-0.15, -0.1) is 0 Å². The van der Waals surface area contributed by atoms with Crippen molar-refractivity contribution in [2.24, 2.45) is 5.41 Å². The van der Waals surface area contributed by atoms with Crippen molar-refractivity contribution in [3.63, 3.8) is 0 Å². The number of nitrogens with one attached hydrogen (secondary N) is 1. The molecule has 1 atom stereocenters. The molecule has 0 aliphatic rings. The van der Waals surface area contributed by atoms with E-state index in [1.54, 1.807) is 24.2 Å². The van der Waals surface area contributed by atoms with Crippen LogP contribution in [0.4, 0.5) is 0 Å². The average Bonchev–Trinajstić information content (AvgIpc) is 2.68. The van der Waals surface area contributed by atoms with Gasteiger partial charge in [0, 0.05) is 11.8 Å². The molecule has 0 radical (unpaired) electrons. The monoisotopic (exact) mass is 242 g/mol. The molecule has 0 spiro atoms. The number of rotatable bonds is 6. The lowest BCUT2D eigenvalue weighted by Crippen LogP contribution is -2.42. The third kappa shape index (κ3) is 4.58. The van der Waals surface area contributed by atoms with E-state index in [-0.39, 0.29) is 5.41 Å². The Morgan fingerprint density at radius 1 is 1.50 bits per heavy atom. The van der Waals surface area contributed by atoms with Crippen LogP contribution in [-0.4, -0.2) is 23.3 Å². The van der Waals surface area contributed by atoms with Crippen LogP contribution in [0.5, 0.6) is 0 Å². The second kappa shape index (κ2) is 6.30. The second-order valence-corrected chi connectivity index (χ2v) is 5.95. The van der Waals surface area contributed by atoms with Crippen molar-refractivity contribution >= 4 is 11.8 Å². The van der Waals surface area contributed by atoms with Crippen molar-refractivity contribution in [3.8, 4) is 0 Å². The maximum atomic E-state index is 5.23. The zero-order valence-electron chi connectivity index (χ0n) is 10.6. The first-order chi connectivity index (χ1) is 7.54. The Morgan fingerprint density at radius 3 is 2.75 bits per heavy atom. The van der Waals surface area contributed by atoms with Crippen LogP contribution in [0.3, 0.4) is 0 Å². The Morgan fingerprint density at radius 2 is 2.25 bits per heavy atom. The average molecular weight is 242 g/mol. The molecule has 1 aromatic rings. The third-order valence-corrected chi connectivity index (χ3v) is 3.42. The summed E-state index contributed by atoms with van der Waals surface area (Å²) < 4.78 is 5.23. The molecule has 0 bridgehead atoms. The largest absolute Gasteiger partial charge is 0.440 e. The van der Waals surface area contributed by atoms with Crippen LogP contribution in [-0.2, 0) is 0 Å². The van der Waals surface area contributed by atoms with E-state index >= 15 is 0 Å². The van der Waals surface area contributed by atoms with E-state index in [0.717, 1.165) is 23.9 Å². The van der Waals surface area contributed by atoms with Crippen molar-refractivity contribution in [2.75, 3.05) is 12.3 Å². The first-order valence-electron chi connectivity index (χ1n) is 5.79. The molecule has 1 aromatic heterocycles. The van der Waals surface area contributed by atoms with Crippen molar-refractivity contribution < 1.29 is 4.42 Å². The smallest absolute Gasteiger partial charge is 0.255 e. The number of thioether (sulfide) groups is 1. The highest BCUT2D eigenvalue weighted by Gasteiger charge is 2.24. The van der Waals surface area contributed by atoms with Crippen LogP contribution < -0.4 is 5.32 Å². The summed E-state index contributed by atoms with van der Waals surface area (Å²) in [5.74, 6) is 0.990. The molecule has 1 N–H and O–H groups in total. The molecule has 0 fully saturated rings. The van der Waals surface area contributed by atoms with Gasteiger partial charge in [0.15, 0.2) is 0 Å². The summed E-state index contributed by atoms with van der Waals surface area (Å²) >= 11 is 1.67. The number of hydrogen-bond acceptors (Lipinski definition) is 4. The highest BCUT2D eigenvalue weighted by Crippen LogP contribution is 2.25. The van der Waals surface area contributed by atoms with Gasteiger partial charge in [-0.3, -0.25) is 0 Å². The second-order valence-electron chi connectivity index (χ2n) is 4.98. The Bertz CT molecular complexity index is 280.